The lowest BCUT2D eigenvalue weighted by molar-refractivity contribution is 0.112. The normalized spacial score (nSPS) is 24.2. The summed E-state index contributed by atoms with van der Waals surface area (Å²) in [7, 11) is 0. The van der Waals surface area contributed by atoms with E-state index >= 15 is 0 Å². The van der Waals surface area contributed by atoms with Crippen molar-refractivity contribution in [2.24, 2.45) is 5.41 Å². The summed E-state index contributed by atoms with van der Waals surface area (Å²) in [4.78, 5) is 18.7. The highest BCUT2D eigenvalue weighted by atomic mass is 35.5. The Morgan fingerprint density at radius 1 is 0.917 bits per heavy atom. The molecular weight excluding hydrogens is 468 g/mol. The van der Waals surface area contributed by atoms with Crippen LogP contribution in [0.4, 0.5) is 5.69 Å². The lowest BCUT2D eigenvalue weighted by Gasteiger charge is -2.43. The van der Waals surface area contributed by atoms with Crippen molar-refractivity contribution in [3.63, 3.8) is 0 Å². The third-order valence-corrected chi connectivity index (χ3v) is 8.49. The number of allylic oxidation sites excluding steroid dienone is 1. The summed E-state index contributed by atoms with van der Waals surface area (Å²) in [5.41, 5.74) is 6.77. The van der Waals surface area contributed by atoms with E-state index in [9.17, 15) is 4.79 Å². The Labute approximate surface area is 221 Å². The molecule has 0 radical (unpaired) electrons. The van der Waals surface area contributed by atoms with Gasteiger partial charge in [0.15, 0.2) is 0 Å². The van der Waals surface area contributed by atoms with Gasteiger partial charge in [0.25, 0.3) is 0 Å². The maximum absolute atomic E-state index is 11.0. The molecule has 0 bridgehead atoms. The zero-order valence-electron chi connectivity index (χ0n) is 21.5. The lowest BCUT2D eigenvalue weighted by atomic mass is 9.71. The van der Waals surface area contributed by atoms with Gasteiger partial charge in [-0.1, -0.05) is 36.2 Å². The monoisotopic (exact) mass is 506 g/mol. The maximum atomic E-state index is 11.0. The molecule has 5 nitrogen and oxygen atoms in total. The number of nitrogens with one attached hydrogen (secondary N) is 1. The Bertz CT molecular complexity index is 1050. The first-order valence-corrected chi connectivity index (χ1v) is 13.8. The average Bonchev–Trinajstić information content (AvgIpc) is 2.90. The first-order chi connectivity index (χ1) is 17.5. The van der Waals surface area contributed by atoms with Crippen molar-refractivity contribution in [2.45, 2.75) is 26.2 Å². The van der Waals surface area contributed by atoms with Crippen molar-refractivity contribution in [1.82, 2.24) is 15.1 Å². The molecule has 0 amide bonds. The molecule has 2 fully saturated rings. The van der Waals surface area contributed by atoms with Crippen molar-refractivity contribution in [3.05, 3.63) is 70.3 Å². The largest absolute Gasteiger partial charge is 0.369 e. The molecule has 5 rings (SSSR count). The molecule has 1 N–H and O–H groups in total. The Balaban J connectivity index is 1.29. The van der Waals surface area contributed by atoms with Gasteiger partial charge in [0.05, 0.1) is 0 Å². The minimum atomic E-state index is 0.324. The fourth-order valence-electron chi connectivity index (χ4n) is 6.21. The van der Waals surface area contributed by atoms with Gasteiger partial charge in [-0.3, -0.25) is 9.69 Å². The topological polar surface area (TPSA) is 38.8 Å². The average molecular weight is 507 g/mol. The van der Waals surface area contributed by atoms with Gasteiger partial charge in [-0.15, -0.1) is 0 Å². The van der Waals surface area contributed by atoms with Crippen molar-refractivity contribution in [3.8, 4) is 0 Å². The first-order valence-electron chi connectivity index (χ1n) is 13.4. The third kappa shape index (κ3) is 6.20. The third-order valence-electron chi connectivity index (χ3n) is 8.23. The molecule has 1 unspecified atom stereocenters. The minimum Gasteiger partial charge on any atom is -0.369 e. The molecule has 0 aromatic heterocycles. The first kappa shape index (κ1) is 25.5. The van der Waals surface area contributed by atoms with Crippen LogP contribution in [-0.4, -0.2) is 81.5 Å². The molecule has 2 heterocycles. The highest BCUT2D eigenvalue weighted by Gasteiger charge is 2.34. The molecule has 0 spiro atoms. The van der Waals surface area contributed by atoms with Gasteiger partial charge < -0.3 is 15.1 Å². The smallest absolute Gasteiger partial charge is 0.150 e. The van der Waals surface area contributed by atoms with E-state index in [4.69, 9.17) is 11.6 Å². The number of carbonyl (C=O) groups is 1. The van der Waals surface area contributed by atoms with Crippen molar-refractivity contribution < 1.29 is 4.79 Å². The zero-order chi connectivity index (χ0) is 25.0. The van der Waals surface area contributed by atoms with Crippen LogP contribution >= 0.6 is 11.6 Å². The Morgan fingerprint density at radius 3 is 2.28 bits per heavy atom. The fourth-order valence-corrected chi connectivity index (χ4v) is 6.33. The molecular formula is C30H39ClN4O. The van der Waals surface area contributed by atoms with E-state index in [0.29, 0.717) is 5.41 Å². The lowest BCUT2D eigenvalue weighted by Crippen LogP contribution is -2.49. The number of rotatable bonds is 7. The van der Waals surface area contributed by atoms with Gasteiger partial charge in [0.1, 0.15) is 6.29 Å². The summed E-state index contributed by atoms with van der Waals surface area (Å²) >= 11 is 6.22. The summed E-state index contributed by atoms with van der Waals surface area (Å²) in [5, 5.41) is 4.30. The van der Waals surface area contributed by atoms with Gasteiger partial charge in [-0.25, -0.2) is 0 Å². The van der Waals surface area contributed by atoms with Gasteiger partial charge in [-0.05, 0) is 72.2 Å². The van der Waals surface area contributed by atoms with Crippen LogP contribution in [0.25, 0.3) is 5.57 Å². The van der Waals surface area contributed by atoms with Crippen LogP contribution in [0.3, 0.4) is 0 Å². The molecule has 2 aromatic rings. The molecule has 1 aliphatic carbocycles. The van der Waals surface area contributed by atoms with Crippen LogP contribution in [-0.2, 0) is 0 Å². The molecule has 36 heavy (non-hydrogen) atoms. The summed E-state index contributed by atoms with van der Waals surface area (Å²) in [5.74, 6) is 0. The van der Waals surface area contributed by atoms with Gasteiger partial charge >= 0.3 is 0 Å². The van der Waals surface area contributed by atoms with Crippen LogP contribution < -0.4 is 10.2 Å². The molecule has 3 aliphatic rings. The number of piperazine rings is 2. The standard InChI is InChI=1S/C30H39ClN4O/c1-30(23-34-14-12-32-13-15-34)11-10-29(25-4-6-27(31)7-5-25)26(20-30)21-33-16-18-35(19-17-33)28-8-2-24(22-36)3-9-28/h2-9,22,32H,10-21,23H2,1H3. The number of nitrogens with zero attached hydrogens (tertiary/aromatic N) is 3. The minimum absolute atomic E-state index is 0.324. The number of benzene rings is 2. The van der Waals surface area contributed by atoms with E-state index in [2.05, 4.69) is 51.2 Å². The van der Waals surface area contributed by atoms with Crippen LogP contribution in [0, 0.1) is 5.41 Å². The SMILES string of the molecule is CC1(CN2CCNCC2)CCC(c2ccc(Cl)cc2)=C(CN2CCN(c3ccc(C=O)cc3)CC2)C1. The van der Waals surface area contributed by atoms with Crippen LogP contribution in [0.1, 0.15) is 42.1 Å². The number of halogens is 1. The van der Waals surface area contributed by atoms with Crippen molar-refractivity contribution in [2.75, 3.05) is 70.3 Å². The predicted molar refractivity (Wildman–Crippen MR) is 150 cm³/mol. The van der Waals surface area contributed by atoms with E-state index in [0.717, 1.165) is 82.2 Å². The number of carbonyl (C=O) groups excluding carboxylic acids is 1. The highest BCUT2D eigenvalue weighted by Crippen LogP contribution is 2.44. The number of hydrogen-bond donors (Lipinski definition) is 1. The molecule has 2 aromatic carbocycles. The van der Waals surface area contributed by atoms with Gasteiger partial charge in [-0.2, -0.15) is 0 Å². The van der Waals surface area contributed by atoms with Gasteiger partial charge in [0, 0.05) is 81.7 Å². The second-order valence-corrected chi connectivity index (χ2v) is 11.5. The second-order valence-electron chi connectivity index (χ2n) is 11.1. The predicted octanol–water partition coefficient (Wildman–Crippen LogP) is 4.82. The summed E-state index contributed by atoms with van der Waals surface area (Å²) < 4.78 is 0. The summed E-state index contributed by atoms with van der Waals surface area (Å²) in [6, 6.07) is 16.5. The second kappa shape index (κ2) is 11.5. The van der Waals surface area contributed by atoms with Gasteiger partial charge in [0.2, 0.25) is 0 Å². The fraction of sp³-hybridized carbons (Fsp3) is 0.500. The zero-order valence-corrected chi connectivity index (χ0v) is 22.3. The Kier molecular flexibility index (Phi) is 8.12. The highest BCUT2D eigenvalue weighted by molar-refractivity contribution is 6.30. The van der Waals surface area contributed by atoms with E-state index in [1.165, 1.54) is 36.2 Å². The van der Waals surface area contributed by atoms with E-state index in [1.807, 2.05) is 24.3 Å². The Morgan fingerprint density at radius 2 is 1.61 bits per heavy atom. The molecule has 0 saturated carbocycles. The van der Waals surface area contributed by atoms with E-state index in [1.54, 1.807) is 5.57 Å². The number of hydrogen-bond acceptors (Lipinski definition) is 5. The van der Waals surface area contributed by atoms with E-state index < -0.39 is 0 Å². The summed E-state index contributed by atoms with van der Waals surface area (Å²) in [6.45, 7) is 13.4. The van der Waals surface area contributed by atoms with Crippen molar-refractivity contribution in [1.29, 1.82) is 0 Å². The molecule has 2 saturated heterocycles. The number of anilines is 1. The molecule has 1 atom stereocenters. The summed E-state index contributed by atoms with van der Waals surface area (Å²) in [6.07, 6.45) is 4.46. The van der Waals surface area contributed by atoms with Crippen molar-refractivity contribution >= 4 is 29.1 Å². The van der Waals surface area contributed by atoms with Crippen LogP contribution in [0.5, 0.6) is 0 Å². The van der Waals surface area contributed by atoms with Crippen LogP contribution in [0.15, 0.2) is 54.1 Å². The quantitative estimate of drug-likeness (QED) is 0.545. The molecule has 6 heteroatoms. The maximum Gasteiger partial charge on any atom is 0.150 e. The van der Waals surface area contributed by atoms with E-state index in [-0.39, 0.29) is 0 Å². The van der Waals surface area contributed by atoms with Crippen LogP contribution in [0.2, 0.25) is 5.02 Å². The Hall–Kier alpha value is -2.18. The number of aldehydes is 1. The molecule has 192 valence electrons. The molecule has 2 aliphatic heterocycles.